The van der Waals surface area contributed by atoms with Crippen molar-refractivity contribution < 1.29 is 23.9 Å². The zero-order chi connectivity index (χ0) is 18.4. The fraction of sp³-hybridized carbons (Fsp3) is 0.400. The monoisotopic (exact) mass is 353 g/mol. The van der Waals surface area contributed by atoms with Crippen LogP contribution in [0.2, 0.25) is 0 Å². The van der Waals surface area contributed by atoms with Gasteiger partial charge in [0.05, 0.1) is 11.8 Å². The van der Waals surface area contributed by atoms with Crippen molar-refractivity contribution in [3.8, 4) is 0 Å². The molecule has 1 saturated carbocycles. The van der Waals surface area contributed by atoms with Gasteiger partial charge < -0.3 is 4.74 Å². The van der Waals surface area contributed by atoms with Crippen molar-refractivity contribution in [2.24, 2.45) is 23.7 Å². The molecule has 5 atom stereocenters. The van der Waals surface area contributed by atoms with E-state index in [1.807, 2.05) is 12.2 Å². The summed E-state index contributed by atoms with van der Waals surface area (Å²) in [6.45, 7) is 1.06. The van der Waals surface area contributed by atoms with Crippen molar-refractivity contribution in [2.45, 2.75) is 19.4 Å². The number of allylic oxidation sites excluding steroid dienone is 2. The number of benzene rings is 1. The highest BCUT2D eigenvalue weighted by molar-refractivity contribution is 6.09. The van der Waals surface area contributed by atoms with E-state index in [1.165, 1.54) is 6.92 Å². The van der Waals surface area contributed by atoms with Gasteiger partial charge >= 0.3 is 5.97 Å². The number of esters is 1. The summed E-state index contributed by atoms with van der Waals surface area (Å²) >= 11 is 0. The molecule has 26 heavy (non-hydrogen) atoms. The smallest absolute Gasteiger partial charge is 0.329 e. The number of Topliss-reactive ketones (excluding diaryl/α,β-unsaturated/α-hetero) is 1. The summed E-state index contributed by atoms with van der Waals surface area (Å²) in [4.78, 5) is 50.8. The number of carbonyl (C=O) groups excluding carboxylic acids is 4. The van der Waals surface area contributed by atoms with Gasteiger partial charge in [-0.2, -0.15) is 0 Å². The molecule has 2 bridgehead atoms. The third-order valence-corrected chi connectivity index (χ3v) is 5.67. The van der Waals surface area contributed by atoms with E-state index in [2.05, 4.69) is 0 Å². The van der Waals surface area contributed by atoms with Gasteiger partial charge in [0.15, 0.2) is 12.4 Å². The third kappa shape index (κ3) is 2.48. The molecule has 0 unspecified atom stereocenters. The van der Waals surface area contributed by atoms with Gasteiger partial charge in [-0.05, 0) is 25.2 Å². The first-order valence-corrected chi connectivity index (χ1v) is 8.79. The second-order valence-electron chi connectivity index (χ2n) is 7.12. The predicted octanol–water partition coefficient (Wildman–Crippen LogP) is 1.61. The van der Waals surface area contributed by atoms with Gasteiger partial charge in [0.25, 0.3) is 0 Å². The zero-order valence-electron chi connectivity index (χ0n) is 14.3. The molecule has 0 N–H and O–H groups in total. The van der Waals surface area contributed by atoms with Crippen molar-refractivity contribution in [2.75, 3.05) is 6.61 Å². The van der Waals surface area contributed by atoms with Gasteiger partial charge in [0, 0.05) is 5.56 Å². The van der Waals surface area contributed by atoms with Gasteiger partial charge in [-0.1, -0.05) is 42.5 Å². The Hall–Kier alpha value is -2.76. The Morgan fingerprint density at radius 3 is 2.23 bits per heavy atom. The normalized spacial score (nSPS) is 29.8. The molecule has 134 valence electrons. The highest BCUT2D eigenvalue weighted by Crippen LogP contribution is 2.52. The molecule has 6 nitrogen and oxygen atoms in total. The first-order valence-electron chi connectivity index (χ1n) is 8.79. The van der Waals surface area contributed by atoms with Gasteiger partial charge in [0.1, 0.15) is 6.04 Å². The van der Waals surface area contributed by atoms with Crippen LogP contribution in [0.3, 0.4) is 0 Å². The van der Waals surface area contributed by atoms with Crippen LogP contribution in [0.25, 0.3) is 0 Å². The molecule has 0 radical (unpaired) electrons. The standard InChI is InChI=1S/C20H19NO5/c1-11(20(25)26-10-15(22)12-5-3-2-4-6-12)21-18(23)16-13-7-8-14(9-13)17(16)19(21)24/h2-8,11,13-14,16-17H,9-10H2,1H3/t11-,13-,14-,16-,17+/m0/s1. The van der Waals surface area contributed by atoms with Crippen molar-refractivity contribution in [1.29, 1.82) is 0 Å². The number of ether oxygens (including phenoxy) is 1. The molecule has 1 saturated heterocycles. The number of hydrogen-bond acceptors (Lipinski definition) is 5. The fourth-order valence-corrected chi connectivity index (χ4v) is 4.38. The van der Waals surface area contributed by atoms with Crippen molar-refractivity contribution in [3.05, 3.63) is 48.0 Å². The molecule has 1 aromatic carbocycles. The summed E-state index contributed by atoms with van der Waals surface area (Å²) in [5.74, 6) is -2.17. The molecular formula is C20H19NO5. The Labute approximate surface area is 150 Å². The van der Waals surface area contributed by atoms with E-state index in [0.29, 0.717) is 5.56 Å². The molecule has 1 heterocycles. The van der Waals surface area contributed by atoms with Crippen LogP contribution in [0.4, 0.5) is 0 Å². The van der Waals surface area contributed by atoms with Crippen molar-refractivity contribution in [3.63, 3.8) is 0 Å². The summed E-state index contributed by atoms with van der Waals surface area (Å²) in [5, 5.41) is 0. The molecular weight excluding hydrogens is 334 g/mol. The molecule has 2 aliphatic carbocycles. The average molecular weight is 353 g/mol. The molecule has 0 spiro atoms. The summed E-state index contributed by atoms with van der Waals surface area (Å²) in [5.41, 5.74) is 0.443. The van der Waals surface area contributed by atoms with E-state index in [-0.39, 0.29) is 41.3 Å². The van der Waals surface area contributed by atoms with Crippen LogP contribution in [-0.4, -0.2) is 41.1 Å². The summed E-state index contributed by atoms with van der Waals surface area (Å²) < 4.78 is 5.07. The van der Waals surface area contributed by atoms with Crippen LogP contribution >= 0.6 is 0 Å². The maximum Gasteiger partial charge on any atom is 0.329 e. The molecule has 1 aromatic rings. The minimum Gasteiger partial charge on any atom is -0.456 e. The van der Waals surface area contributed by atoms with Crippen molar-refractivity contribution >= 4 is 23.6 Å². The van der Waals surface area contributed by atoms with Gasteiger partial charge in [-0.25, -0.2) is 4.79 Å². The lowest BCUT2D eigenvalue weighted by atomic mass is 9.85. The number of nitrogens with zero attached hydrogens (tertiary/aromatic N) is 1. The largest absolute Gasteiger partial charge is 0.456 e. The molecule has 3 aliphatic rings. The minimum atomic E-state index is -1.02. The Morgan fingerprint density at radius 1 is 1.08 bits per heavy atom. The number of fused-ring (bicyclic) bond motifs is 5. The SMILES string of the molecule is C[C@@H](C(=O)OCC(=O)c1ccccc1)N1C(=O)[C@@H]2[C@H](C1=O)[C@H]1C=C[C@H]2C1. The first-order chi connectivity index (χ1) is 12.5. The van der Waals surface area contributed by atoms with E-state index < -0.39 is 18.6 Å². The van der Waals surface area contributed by atoms with E-state index in [9.17, 15) is 19.2 Å². The number of likely N-dealkylation sites (tertiary alicyclic amines) is 1. The Morgan fingerprint density at radius 2 is 1.65 bits per heavy atom. The number of rotatable bonds is 5. The summed E-state index contributed by atoms with van der Waals surface area (Å²) in [6.07, 6.45) is 4.84. The van der Waals surface area contributed by atoms with Gasteiger partial charge in [0.2, 0.25) is 11.8 Å². The number of carbonyl (C=O) groups is 4. The zero-order valence-corrected chi connectivity index (χ0v) is 14.3. The number of amides is 2. The second-order valence-corrected chi connectivity index (χ2v) is 7.12. The molecule has 2 amide bonds. The number of imide groups is 1. The number of ketones is 1. The van der Waals surface area contributed by atoms with Crippen LogP contribution < -0.4 is 0 Å². The van der Waals surface area contributed by atoms with Crippen LogP contribution in [0.5, 0.6) is 0 Å². The summed E-state index contributed by atoms with van der Waals surface area (Å²) in [6, 6.07) is 7.48. The first kappa shape index (κ1) is 16.7. The van der Waals surface area contributed by atoms with Crippen LogP contribution in [0.15, 0.2) is 42.5 Å². The van der Waals surface area contributed by atoms with E-state index in [4.69, 9.17) is 4.74 Å². The third-order valence-electron chi connectivity index (χ3n) is 5.67. The van der Waals surface area contributed by atoms with E-state index in [0.717, 1.165) is 11.3 Å². The quantitative estimate of drug-likeness (QED) is 0.348. The van der Waals surface area contributed by atoms with Gasteiger partial charge in [-0.15, -0.1) is 0 Å². The summed E-state index contributed by atoms with van der Waals surface area (Å²) in [7, 11) is 0. The lowest BCUT2D eigenvalue weighted by Crippen LogP contribution is -2.45. The second kappa shape index (κ2) is 6.20. The Bertz CT molecular complexity index is 785. The maximum atomic E-state index is 12.7. The predicted molar refractivity (Wildman–Crippen MR) is 90.8 cm³/mol. The number of hydrogen-bond donors (Lipinski definition) is 0. The highest BCUT2D eigenvalue weighted by atomic mass is 16.5. The fourth-order valence-electron chi connectivity index (χ4n) is 4.38. The average Bonchev–Trinajstić information content (AvgIpc) is 3.33. The lowest BCUT2D eigenvalue weighted by Gasteiger charge is -2.23. The molecule has 1 aliphatic heterocycles. The van der Waals surface area contributed by atoms with Crippen LogP contribution in [-0.2, 0) is 19.1 Å². The van der Waals surface area contributed by atoms with Gasteiger partial charge in [-0.3, -0.25) is 19.3 Å². The molecule has 0 aromatic heterocycles. The maximum absolute atomic E-state index is 12.7. The Balaban J connectivity index is 1.41. The van der Waals surface area contributed by atoms with E-state index >= 15 is 0 Å². The highest BCUT2D eigenvalue weighted by Gasteiger charge is 2.60. The lowest BCUT2D eigenvalue weighted by molar-refractivity contribution is -0.157. The van der Waals surface area contributed by atoms with Crippen LogP contribution in [0, 0.1) is 23.7 Å². The Kier molecular flexibility index (Phi) is 3.98. The molecule has 2 fully saturated rings. The molecule has 6 heteroatoms. The molecule has 4 rings (SSSR count). The van der Waals surface area contributed by atoms with E-state index in [1.54, 1.807) is 30.3 Å². The van der Waals surface area contributed by atoms with Crippen molar-refractivity contribution in [1.82, 2.24) is 4.90 Å². The van der Waals surface area contributed by atoms with Crippen LogP contribution in [0.1, 0.15) is 23.7 Å². The minimum absolute atomic E-state index is 0.0920. The topological polar surface area (TPSA) is 80.8 Å².